The van der Waals surface area contributed by atoms with Crippen LogP contribution < -0.4 is 5.32 Å². The van der Waals surface area contributed by atoms with Crippen LogP contribution in [0.15, 0.2) is 12.2 Å². The van der Waals surface area contributed by atoms with E-state index < -0.39 is 6.10 Å². The lowest BCUT2D eigenvalue weighted by atomic mass is 10.0. The van der Waals surface area contributed by atoms with Crippen LogP contribution in [0.3, 0.4) is 0 Å². The zero-order valence-corrected chi connectivity index (χ0v) is 13.4. The van der Waals surface area contributed by atoms with Crippen molar-refractivity contribution >= 4 is 5.91 Å². The molecule has 0 aromatic carbocycles. The lowest BCUT2D eigenvalue weighted by molar-refractivity contribution is -0.119. The minimum atomic E-state index is -0.635. The molecule has 1 aliphatic carbocycles. The molecule has 2 fully saturated rings. The maximum Gasteiger partial charge on any atom is 0.244 e. The number of hydrogen-bond acceptors (Lipinski definition) is 5. The summed E-state index contributed by atoms with van der Waals surface area (Å²) in [5.74, 6) is -0.144. The molecule has 1 saturated carbocycles. The molecule has 1 saturated heterocycles. The molecule has 2 rings (SSSR count). The van der Waals surface area contributed by atoms with Gasteiger partial charge in [0.2, 0.25) is 5.91 Å². The number of carbonyl (C=O) groups excluding carboxylic acids is 1. The van der Waals surface area contributed by atoms with Crippen molar-refractivity contribution in [3.8, 4) is 0 Å². The first-order valence-electron chi connectivity index (χ1n) is 8.18. The molecule has 2 N–H and O–H groups in total. The SMILES string of the molecule is CO[C@@H]1CCCC[C@@H](NC(=O)C=CCN2CCOCC2)[C@H]1O. The number of nitrogens with zero attached hydrogens (tertiary/aromatic N) is 1. The van der Waals surface area contributed by atoms with Crippen molar-refractivity contribution in [1.82, 2.24) is 10.2 Å². The van der Waals surface area contributed by atoms with E-state index in [0.29, 0.717) is 0 Å². The molecule has 2 aliphatic rings. The summed E-state index contributed by atoms with van der Waals surface area (Å²) in [6, 6.07) is -0.229. The number of aliphatic hydroxyl groups excluding tert-OH is 1. The molecule has 0 unspecified atom stereocenters. The van der Waals surface area contributed by atoms with Crippen LogP contribution in [0.2, 0.25) is 0 Å². The molecule has 1 amide bonds. The van der Waals surface area contributed by atoms with Gasteiger partial charge in [0.25, 0.3) is 0 Å². The van der Waals surface area contributed by atoms with Crippen LogP contribution in [-0.4, -0.2) is 74.1 Å². The van der Waals surface area contributed by atoms with Gasteiger partial charge in [0.1, 0.15) is 6.10 Å². The molecule has 0 spiro atoms. The van der Waals surface area contributed by atoms with Gasteiger partial charge in [-0.25, -0.2) is 0 Å². The Morgan fingerprint density at radius 2 is 2.09 bits per heavy atom. The fourth-order valence-corrected chi connectivity index (χ4v) is 3.05. The predicted octanol–water partition coefficient (Wildman–Crippen LogP) is 0.310. The van der Waals surface area contributed by atoms with Gasteiger partial charge in [-0.2, -0.15) is 0 Å². The number of methoxy groups -OCH3 is 1. The number of morpholine rings is 1. The Morgan fingerprint density at radius 1 is 1.36 bits per heavy atom. The third-order valence-electron chi connectivity index (χ3n) is 4.41. The van der Waals surface area contributed by atoms with Gasteiger partial charge in [-0.1, -0.05) is 18.9 Å². The molecule has 3 atom stereocenters. The standard InChI is InChI=1S/C16H28N2O4/c1-21-14-6-3-2-5-13(16(14)20)17-15(19)7-4-8-18-9-11-22-12-10-18/h4,7,13-14,16,20H,2-3,5-6,8-12H2,1H3,(H,17,19)/t13-,14-,16-/m1/s1. The first-order chi connectivity index (χ1) is 10.7. The normalized spacial score (nSPS) is 31.1. The van der Waals surface area contributed by atoms with Crippen LogP contribution in [0.4, 0.5) is 0 Å². The Bertz CT molecular complexity index is 369. The van der Waals surface area contributed by atoms with Crippen LogP contribution in [0.1, 0.15) is 25.7 Å². The van der Waals surface area contributed by atoms with Crippen molar-refractivity contribution in [2.45, 2.75) is 43.9 Å². The zero-order chi connectivity index (χ0) is 15.8. The highest BCUT2D eigenvalue weighted by Crippen LogP contribution is 2.20. The highest BCUT2D eigenvalue weighted by molar-refractivity contribution is 5.87. The van der Waals surface area contributed by atoms with Crippen molar-refractivity contribution in [1.29, 1.82) is 0 Å². The predicted molar refractivity (Wildman–Crippen MR) is 83.6 cm³/mol. The summed E-state index contributed by atoms with van der Waals surface area (Å²) in [7, 11) is 1.61. The van der Waals surface area contributed by atoms with Crippen molar-refractivity contribution in [3.05, 3.63) is 12.2 Å². The summed E-state index contributed by atoms with van der Waals surface area (Å²) in [6.45, 7) is 4.08. The maximum absolute atomic E-state index is 12.0. The minimum Gasteiger partial charge on any atom is -0.388 e. The number of rotatable bonds is 5. The molecule has 6 heteroatoms. The lowest BCUT2D eigenvalue weighted by Crippen LogP contribution is -2.47. The summed E-state index contributed by atoms with van der Waals surface area (Å²) < 4.78 is 10.6. The number of carbonyl (C=O) groups is 1. The molecule has 0 aromatic heterocycles. The monoisotopic (exact) mass is 312 g/mol. The first-order valence-corrected chi connectivity index (χ1v) is 8.18. The van der Waals surface area contributed by atoms with E-state index >= 15 is 0 Å². The molecule has 0 aromatic rings. The second kappa shape index (κ2) is 9.25. The molecule has 6 nitrogen and oxygen atoms in total. The van der Waals surface area contributed by atoms with Gasteiger partial charge in [0, 0.05) is 32.8 Å². The number of aliphatic hydroxyl groups is 1. The van der Waals surface area contributed by atoms with Gasteiger partial charge in [0.15, 0.2) is 0 Å². The molecule has 1 aliphatic heterocycles. The van der Waals surface area contributed by atoms with E-state index in [-0.39, 0.29) is 18.1 Å². The average Bonchev–Trinajstić information content (AvgIpc) is 2.70. The smallest absolute Gasteiger partial charge is 0.244 e. The summed E-state index contributed by atoms with van der Waals surface area (Å²) in [5, 5.41) is 13.2. The average molecular weight is 312 g/mol. The summed E-state index contributed by atoms with van der Waals surface area (Å²) in [5.41, 5.74) is 0. The van der Waals surface area contributed by atoms with Crippen molar-refractivity contribution in [3.63, 3.8) is 0 Å². The fourth-order valence-electron chi connectivity index (χ4n) is 3.05. The number of nitrogens with one attached hydrogen (secondary N) is 1. The van der Waals surface area contributed by atoms with E-state index in [1.165, 1.54) is 0 Å². The van der Waals surface area contributed by atoms with E-state index in [2.05, 4.69) is 10.2 Å². The van der Waals surface area contributed by atoms with E-state index in [1.807, 2.05) is 6.08 Å². The van der Waals surface area contributed by atoms with Crippen molar-refractivity contribution in [2.75, 3.05) is 40.0 Å². The van der Waals surface area contributed by atoms with Crippen LogP contribution >= 0.6 is 0 Å². The van der Waals surface area contributed by atoms with Crippen LogP contribution in [0.5, 0.6) is 0 Å². The quantitative estimate of drug-likeness (QED) is 0.565. The largest absolute Gasteiger partial charge is 0.388 e. The lowest BCUT2D eigenvalue weighted by Gasteiger charge is -2.26. The van der Waals surface area contributed by atoms with Gasteiger partial charge in [0.05, 0.1) is 25.4 Å². The van der Waals surface area contributed by atoms with Gasteiger partial charge >= 0.3 is 0 Å². The molecular formula is C16H28N2O4. The van der Waals surface area contributed by atoms with E-state index in [4.69, 9.17) is 9.47 Å². The van der Waals surface area contributed by atoms with Gasteiger partial charge < -0.3 is 19.9 Å². The van der Waals surface area contributed by atoms with E-state index in [1.54, 1.807) is 13.2 Å². The Balaban J connectivity index is 1.77. The summed E-state index contributed by atoms with van der Waals surface area (Å²) in [4.78, 5) is 14.3. The van der Waals surface area contributed by atoms with Crippen molar-refractivity contribution < 1.29 is 19.4 Å². The minimum absolute atomic E-state index is 0.144. The molecule has 126 valence electrons. The Labute approximate surface area is 132 Å². The van der Waals surface area contributed by atoms with Crippen LogP contribution in [0, 0.1) is 0 Å². The summed E-state index contributed by atoms with van der Waals surface area (Å²) in [6.07, 6.45) is 6.27. The number of hydrogen-bond donors (Lipinski definition) is 2. The number of amides is 1. The Morgan fingerprint density at radius 3 is 2.82 bits per heavy atom. The highest BCUT2D eigenvalue weighted by Gasteiger charge is 2.30. The van der Waals surface area contributed by atoms with Crippen molar-refractivity contribution in [2.24, 2.45) is 0 Å². The van der Waals surface area contributed by atoms with Crippen LogP contribution in [-0.2, 0) is 14.3 Å². The first kappa shape index (κ1) is 17.4. The third-order valence-corrected chi connectivity index (χ3v) is 4.41. The van der Waals surface area contributed by atoms with Gasteiger partial charge in [-0.05, 0) is 12.8 Å². The maximum atomic E-state index is 12.0. The topological polar surface area (TPSA) is 71.0 Å². The third kappa shape index (κ3) is 5.35. The fraction of sp³-hybridized carbons (Fsp3) is 0.812. The second-order valence-corrected chi connectivity index (χ2v) is 5.98. The molecule has 1 heterocycles. The Kier molecular flexibility index (Phi) is 7.32. The summed E-state index contributed by atoms with van der Waals surface area (Å²) >= 11 is 0. The van der Waals surface area contributed by atoms with E-state index in [0.717, 1.165) is 58.5 Å². The zero-order valence-electron chi connectivity index (χ0n) is 13.4. The van der Waals surface area contributed by atoms with Gasteiger partial charge in [-0.15, -0.1) is 0 Å². The number of ether oxygens (including phenoxy) is 2. The Hall–Kier alpha value is -0.950. The van der Waals surface area contributed by atoms with E-state index in [9.17, 15) is 9.90 Å². The second-order valence-electron chi connectivity index (χ2n) is 5.98. The molecule has 0 radical (unpaired) electrons. The molecular weight excluding hydrogens is 284 g/mol. The van der Waals surface area contributed by atoms with Crippen LogP contribution in [0.25, 0.3) is 0 Å². The molecule has 22 heavy (non-hydrogen) atoms. The highest BCUT2D eigenvalue weighted by atomic mass is 16.5. The van der Waals surface area contributed by atoms with Gasteiger partial charge in [-0.3, -0.25) is 9.69 Å². The molecule has 0 bridgehead atoms.